The summed E-state index contributed by atoms with van der Waals surface area (Å²) in [5.41, 5.74) is 0.760. The van der Waals surface area contributed by atoms with Gasteiger partial charge in [-0.15, -0.1) is 0 Å². The molecule has 2 heterocycles. The number of nitrogens with one attached hydrogen (secondary N) is 1. The van der Waals surface area contributed by atoms with Crippen molar-refractivity contribution in [2.45, 2.75) is 24.2 Å². The van der Waals surface area contributed by atoms with Crippen LogP contribution in [-0.4, -0.2) is 31.6 Å². The van der Waals surface area contributed by atoms with Gasteiger partial charge >= 0.3 is 0 Å². The number of aromatic nitrogens is 2. The molecule has 0 bridgehead atoms. The van der Waals surface area contributed by atoms with Gasteiger partial charge in [-0.25, -0.2) is 8.42 Å². The minimum atomic E-state index is -2.55. The van der Waals surface area contributed by atoms with Crippen LogP contribution < -0.4 is 5.32 Å². The Morgan fingerprint density at radius 2 is 1.90 bits per heavy atom. The highest BCUT2D eigenvalue weighted by Crippen LogP contribution is 2.21. The second kappa shape index (κ2) is 6.36. The fourth-order valence-electron chi connectivity index (χ4n) is 2.52. The number of hydrogen-bond donors (Lipinski definition) is 2. The molecule has 0 amide bonds. The summed E-state index contributed by atoms with van der Waals surface area (Å²) in [4.78, 5) is 4.68. The van der Waals surface area contributed by atoms with Gasteiger partial charge in [0.25, 0.3) is 0 Å². The highest BCUT2D eigenvalue weighted by Gasteiger charge is 2.17. The van der Waals surface area contributed by atoms with E-state index in [1.54, 1.807) is 24.3 Å². The molecule has 1 fully saturated rings. The Labute approximate surface area is 124 Å². The van der Waals surface area contributed by atoms with E-state index in [0.717, 1.165) is 37.9 Å². The lowest BCUT2D eigenvalue weighted by Crippen LogP contribution is -2.28. The average Bonchev–Trinajstić information content (AvgIpc) is 2.97. The maximum absolute atomic E-state index is 10.9. The fraction of sp³-hybridized carbons (Fsp3) is 0.429. The van der Waals surface area contributed by atoms with Crippen molar-refractivity contribution < 1.29 is 12.9 Å². The van der Waals surface area contributed by atoms with Crippen molar-refractivity contribution in [1.29, 1.82) is 0 Å². The van der Waals surface area contributed by atoms with Crippen LogP contribution in [0, 0.1) is 5.92 Å². The Hall–Kier alpha value is -1.73. The summed E-state index contributed by atoms with van der Waals surface area (Å²) in [6.45, 7) is 2.08. The van der Waals surface area contributed by atoms with Gasteiger partial charge in [0, 0.05) is 12.0 Å². The summed E-state index contributed by atoms with van der Waals surface area (Å²) in [6, 6.07) is 6.48. The zero-order valence-electron chi connectivity index (χ0n) is 11.5. The van der Waals surface area contributed by atoms with Gasteiger partial charge in [-0.05, 0) is 56.1 Å². The highest BCUT2D eigenvalue weighted by molar-refractivity contribution is 7.72. The van der Waals surface area contributed by atoms with Crippen LogP contribution in [-0.2, 0) is 17.1 Å². The van der Waals surface area contributed by atoms with Crippen LogP contribution in [0.2, 0.25) is 0 Å². The molecule has 7 heteroatoms. The van der Waals surface area contributed by atoms with E-state index in [2.05, 4.69) is 15.5 Å². The zero-order chi connectivity index (χ0) is 14.7. The second-order valence-corrected chi connectivity index (χ2v) is 6.24. The van der Waals surface area contributed by atoms with E-state index in [4.69, 9.17) is 4.52 Å². The van der Waals surface area contributed by atoms with Gasteiger partial charge in [-0.3, -0.25) is 0 Å². The molecule has 0 atom stereocenters. The first-order valence-electron chi connectivity index (χ1n) is 7.00. The van der Waals surface area contributed by atoms with Crippen molar-refractivity contribution in [3.05, 3.63) is 30.2 Å². The van der Waals surface area contributed by atoms with Crippen LogP contribution in [0.3, 0.4) is 0 Å². The summed E-state index contributed by atoms with van der Waals surface area (Å²) in [5.74, 6) is 1.74. The molecule has 1 N–H and O–H groups in total. The number of thiol groups is 1. The minimum absolute atomic E-state index is 0.284. The Balaban J connectivity index is 1.71. The van der Waals surface area contributed by atoms with Crippen molar-refractivity contribution in [2.75, 3.05) is 13.1 Å². The minimum Gasteiger partial charge on any atom is -0.339 e. The topological polar surface area (TPSA) is 85.1 Å². The van der Waals surface area contributed by atoms with Crippen LogP contribution in [0.4, 0.5) is 0 Å². The number of benzene rings is 1. The molecule has 1 aliphatic rings. The summed E-state index contributed by atoms with van der Waals surface area (Å²) < 4.78 is 27.0. The van der Waals surface area contributed by atoms with Crippen molar-refractivity contribution >= 4 is 10.7 Å². The molecule has 0 saturated carbocycles. The van der Waals surface area contributed by atoms with Crippen molar-refractivity contribution in [3.63, 3.8) is 0 Å². The molecule has 0 radical (unpaired) electrons. The van der Waals surface area contributed by atoms with E-state index in [9.17, 15) is 8.42 Å². The van der Waals surface area contributed by atoms with E-state index in [1.807, 2.05) is 0 Å². The van der Waals surface area contributed by atoms with Crippen LogP contribution in [0.15, 0.2) is 33.7 Å². The molecule has 1 aromatic carbocycles. The molecule has 1 aliphatic heterocycles. The Morgan fingerprint density at radius 3 is 2.57 bits per heavy atom. The fourth-order valence-corrected chi connectivity index (χ4v) is 2.91. The molecule has 112 valence electrons. The normalized spacial score (nSPS) is 16.4. The van der Waals surface area contributed by atoms with Crippen molar-refractivity contribution in [3.8, 4) is 11.4 Å². The smallest absolute Gasteiger partial charge is 0.227 e. The number of piperidine rings is 1. The van der Waals surface area contributed by atoms with E-state index in [-0.39, 0.29) is 4.90 Å². The number of rotatable bonds is 4. The Kier molecular flexibility index (Phi) is 4.31. The summed E-state index contributed by atoms with van der Waals surface area (Å²) in [7, 11) is -2.55. The molecule has 0 spiro atoms. The first-order valence-corrected chi connectivity index (χ1v) is 8.18. The maximum atomic E-state index is 10.9. The second-order valence-electron chi connectivity index (χ2n) is 5.21. The molecule has 0 aliphatic carbocycles. The van der Waals surface area contributed by atoms with Gasteiger partial charge < -0.3 is 9.84 Å². The maximum Gasteiger partial charge on any atom is 0.227 e. The van der Waals surface area contributed by atoms with Gasteiger partial charge in [-0.1, -0.05) is 5.16 Å². The molecule has 21 heavy (non-hydrogen) atoms. The lowest BCUT2D eigenvalue weighted by atomic mass is 9.95. The van der Waals surface area contributed by atoms with E-state index in [1.165, 1.54) is 0 Å². The summed E-state index contributed by atoms with van der Waals surface area (Å²) in [5, 5.41) is 7.30. The van der Waals surface area contributed by atoms with Gasteiger partial charge in [-0.2, -0.15) is 4.98 Å². The molecule has 1 saturated heterocycles. The molecular formula is C14H17N3O3S. The quantitative estimate of drug-likeness (QED) is 0.827. The summed E-state index contributed by atoms with van der Waals surface area (Å²) >= 11 is 0. The Bertz CT molecular complexity index is 665. The van der Waals surface area contributed by atoms with Crippen molar-refractivity contribution in [2.24, 2.45) is 5.92 Å². The SMILES string of the molecule is O=[SH](=O)c1ccc(-c2noc(CC3CCNCC3)n2)cc1. The highest BCUT2D eigenvalue weighted by atomic mass is 32.2. The third-order valence-corrected chi connectivity index (χ3v) is 4.45. The Morgan fingerprint density at radius 1 is 1.19 bits per heavy atom. The predicted molar refractivity (Wildman–Crippen MR) is 77.6 cm³/mol. The summed E-state index contributed by atoms with van der Waals surface area (Å²) in [6.07, 6.45) is 3.06. The van der Waals surface area contributed by atoms with E-state index < -0.39 is 10.7 Å². The third kappa shape index (κ3) is 3.48. The lowest BCUT2D eigenvalue weighted by Gasteiger charge is -2.20. The van der Waals surface area contributed by atoms with Crippen LogP contribution in [0.1, 0.15) is 18.7 Å². The molecule has 2 aromatic rings. The average molecular weight is 307 g/mol. The van der Waals surface area contributed by atoms with Crippen molar-refractivity contribution in [1.82, 2.24) is 15.5 Å². The lowest BCUT2D eigenvalue weighted by molar-refractivity contribution is 0.313. The van der Waals surface area contributed by atoms with E-state index >= 15 is 0 Å². The first kappa shape index (κ1) is 14.2. The van der Waals surface area contributed by atoms with Crippen LogP contribution >= 0.6 is 0 Å². The van der Waals surface area contributed by atoms with Gasteiger partial charge in [0.05, 0.1) is 4.90 Å². The zero-order valence-corrected chi connectivity index (χ0v) is 12.4. The molecule has 6 nitrogen and oxygen atoms in total. The standard InChI is InChI=1S/C14H17N3O3S/c18-21(19)12-3-1-11(2-4-12)14-16-13(20-17-14)9-10-5-7-15-8-6-10/h1-4,10,15,21H,5-9H2. The number of hydrogen-bond acceptors (Lipinski definition) is 6. The van der Waals surface area contributed by atoms with Gasteiger partial charge in [0.15, 0.2) is 10.7 Å². The molecule has 0 unspecified atom stereocenters. The number of nitrogens with zero attached hydrogens (tertiary/aromatic N) is 2. The van der Waals surface area contributed by atoms with Crippen LogP contribution in [0.25, 0.3) is 11.4 Å². The van der Waals surface area contributed by atoms with Gasteiger partial charge in [0.1, 0.15) is 0 Å². The van der Waals surface area contributed by atoms with Gasteiger partial charge in [0.2, 0.25) is 11.7 Å². The monoisotopic (exact) mass is 307 g/mol. The van der Waals surface area contributed by atoms with E-state index in [0.29, 0.717) is 17.6 Å². The first-order chi connectivity index (χ1) is 10.2. The molecular weight excluding hydrogens is 290 g/mol. The van der Waals surface area contributed by atoms with Crippen LogP contribution in [0.5, 0.6) is 0 Å². The largest absolute Gasteiger partial charge is 0.339 e. The third-order valence-electron chi connectivity index (χ3n) is 3.73. The molecule has 1 aromatic heterocycles. The predicted octanol–water partition coefficient (Wildman–Crippen LogP) is 1.25. The molecule has 3 rings (SSSR count).